The van der Waals surface area contributed by atoms with Gasteiger partial charge in [0.1, 0.15) is 0 Å². The Balaban J connectivity index is 3.02. The van der Waals surface area contributed by atoms with Crippen molar-refractivity contribution in [2.75, 3.05) is 0 Å². The summed E-state index contributed by atoms with van der Waals surface area (Å²) in [6.07, 6.45) is 4.69. The van der Waals surface area contributed by atoms with Crippen LogP contribution in [0.4, 0.5) is 0 Å². The van der Waals surface area contributed by atoms with E-state index in [0.717, 1.165) is 30.5 Å². The molecule has 0 atom stereocenters. The van der Waals surface area contributed by atoms with E-state index in [4.69, 9.17) is 5.73 Å². The third kappa shape index (κ3) is 2.31. The Hall–Kier alpha value is -1.38. The third-order valence-corrected chi connectivity index (χ3v) is 2.25. The topological polar surface area (TPSA) is 56.0 Å². The zero-order valence-corrected chi connectivity index (χ0v) is 8.71. The maximum absolute atomic E-state index is 11.2. The molecule has 1 rings (SSSR count). The average molecular weight is 192 g/mol. The maximum Gasteiger partial charge on any atom is 0.250 e. The molecule has 1 aromatic rings. The fourth-order valence-electron chi connectivity index (χ4n) is 1.48. The quantitative estimate of drug-likeness (QED) is 0.791. The van der Waals surface area contributed by atoms with E-state index in [-0.39, 0.29) is 5.91 Å². The number of carbonyl (C=O) groups excluding carboxylic acids is 1. The molecule has 0 spiro atoms. The fourth-order valence-corrected chi connectivity index (χ4v) is 1.48. The molecule has 0 aliphatic heterocycles. The van der Waals surface area contributed by atoms with Crippen molar-refractivity contribution in [2.45, 2.75) is 33.1 Å². The summed E-state index contributed by atoms with van der Waals surface area (Å²) in [5.74, 6) is -0.373. The molecule has 0 aromatic carbocycles. The lowest BCUT2D eigenvalue weighted by Gasteiger charge is -2.07. The Morgan fingerprint density at radius 3 is 2.86 bits per heavy atom. The van der Waals surface area contributed by atoms with Crippen LogP contribution in [0.15, 0.2) is 12.3 Å². The first kappa shape index (κ1) is 10.7. The van der Waals surface area contributed by atoms with Crippen LogP contribution in [-0.4, -0.2) is 10.9 Å². The van der Waals surface area contributed by atoms with Crippen LogP contribution in [0.2, 0.25) is 0 Å². The molecule has 2 N–H and O–H groups in total. The van der Waals surface area contributed by atoms with Gasteiger partial charge in [0, 0.05) is 6.20 Å². The highest BCUT2D eigenvalue weighted by Gasteiger charge is 2.11. The number of hydrogen-bond donors (Lipinski definition) is 1. The SMILES string of the molecule is CCCCc1nccc(C)c1C(N)=O. The van der Waals surface area contributed by atoms with Crippen LogP contribution in [-0.2, 0) is 6.42 Å². The van der Waals surface area contributed by atoms with E-state index < -0.39 is 0 Å². The van der Waals surface area contributed by atoms with Crippen LogP contribution in [0.1, 0.15) is 41.4 Å². The van der Waals surface area contributed by atoms with Gasteiger partial charge in [0.05, 0.1) is 11.3 Å². The normalized spacial score (nSPS) is 10.1. The standard InChI is InChI=1S/C11H16N2O/c1-3-4-5-9-10(11(12)14)8(2)6-7-13-9/h6-7H,3-5H2,1-2H3,(H2,12,14). The van der Waals surface area contributed by atoms with Crippen molar-refractivity contribution in [3.05, 3.63) is 29.1 Å². The summed E-state index contributed by atoms with van der Waals surface area (Å²) in [6, 6.07) is 1.82. The van der Waals surface area contributed by atoms with E-state index in [0.29, 0.717) is 5.56 Å². The minimum Gasteiger partial charge on any atom is -0.366 e. The molecule has 0 saturated carbocycles. The zero-order valence-electron chi connectivity index (χ0n) is 8.71. The van der Waals surface area contributed by atoms with Gasteiger partial charge in [-0.05, 0) is 31.4 Å². The highest BCUT2D eigenvalue weighted by atomic mass is 16.1. The minimum absolute atomic E-state index is 0.373. The van der Waals surface area contributed by atoms with Crippen LogP contribution in [0, 0.1) is 6.92 Å². The van der Waals surface area contributed by atoms with E-state index >= 15 is 0 Å². The molecule has 0 aliphatic carbocycles. The molecule has 3 nitrogen and oxygen atoms in total. The fraction of sp³-hybridized carbons (Fsp3) is 0.455. The number of hydrogen-bond acceptors (Lipinski definition) is 2. The zero-order chi connectivity index (χ0) is 10.6. The van der Waals surface area contributed by atoms with Gasteiger partial charge in [0.2, 0.25) is 0 Å². The first-order valence-electron chi connectivity index (χ1n) is 4.91. The number of primary amides is 1. The molecule has 0 aliphatic rings. The molecule has 14 heavy (non-hydrogen) atoms. The Morgan fingerprint density at radius 1 is 1.57 bits per heavy atom. The lowest BCUT2D eigenvalue weighted by Crippen LogP contribution is -2.16. The van der Waals surface area contributed by atoms with Crippen LogP contribution in [0.3, 0.4) is 0 Å². The number of nitrogens with two attached hydrogens (primary N) is 1. The van der Waals surface area contributed by atoms with E-state index in [2.05, 4.69) is 11.9 Å². The Morgan fingerprint density at radius 2 is 2.29 bits per heavy atom. The number of carbonyl (C=O) groups is 1. The largest absolute Gasteiger partial charge is 0.366 e. The molecule has 76 valence electrons. The van der Waals surface area contributed by atoms with Crippen LogP contribution >= 0.6 is 0 Å². The second kappa shape index (κ2) is 4.74. The molecule has 0 fully saturated rings. The summed E-state index contributed by atoms with van der Waals surface area (Å²) in [7, 11) is 0. The third-order valence-electron chi connectivity index (χ3n) is 2.25. The van der Waals surface area contributed by atoms with Crippen molar-refractivity contribution < 1.29 is 4.79 Å². The van der Waals surface area contributed by atoms with Crippen molar-refractivity contribution in [1.29, 1.82) is 0 Å². The van der Waals surface area contributed by atoms with Gasteiger partial charge in [0.15, 0.2) is 0 Å². The summed E-state index contributed by atoms with van der Waals surface area (Å²) < 4.78 is 0. The predicted octanol–water partition coefficient (Wildman–Crippen LogP) is 1.83. The van der Waals surface area contributed by atoms with Crippen molar-refractivity contribution in [2.24, 2.45) is 5.73 Å². The Bertz CT molecular complexity index is 334. The molecular formula is C11H16N2O. The summed E-state index contributed by atoms with van der Waals surface area (Å²) >= 11 is 0. The molecule has 1 heterocycles. The summed E-state index contributed by atoms with van der Waals surface area (Å²) in [6.45, 7) is 4.00. The smallest absolute Gasteiger partial charge is 0.250 e. The van der Waals surface area contributed by atoms with E-state index in [1.54, 1.807) is 6.20 Å². The summed E-state index contributed by atoms with van der Waals surface area (Å²) in [5, 5.41) is 0. The second-order valence-corrected chi connectivity index (χ2v) is 3.42. The molecule has 0 unspecified atom stereocenters. The van der Waals surface area contributed by atoms with Crippen LogP contribution in [0.25, 0.3) is 0 Å². The maximum atomic E-state index is 11.2. The van der Waals surface area contributed by atoms with Crippen molar-refractivity contribution in [3.8, 4) is 0 Å². The molecular weight excluding hydrogens is 176 g/mol. The minimum atomic E-state index is -0.373. The molecule has 1 amide bonds. The van der Waals surface area contributed by atoms with Gasteiger partial charge in [-0.15, -0.1) is 0 Å². The summed E-state index contributed by atoms with van der Waals surface area (Å²) in [4.78, 5) is 15.4. The average Bonchev–Trinajstić information content (AvgIpc) is 2.14. The van der Waals surface area contributed by atoms with Gasteiger partial charge in [-0.2, -0.15) is 0 Å². The number of pyridine rings is 1. The van der Waals surface area contributed by atoms with Crippen molar-refractivity contribution in [3.63, 3.8) is 0 Å². The first-order valence-corrected chi connectivity index (χ1v) is 4.91. The number of rotatable bonds is 4. The van der Waals surface area contributed by atoms with Crippen LogP contribution < -0.4 is 5.73 Å². The van der Waals surface area contributed by atoms with E-state index in [9.17, 15) is 4.79 Å². The molecule has 1 aromatic heterocycles. The molecule has 0 saturated heterocycles. The first-order chi connectivity index (χ1) is 6.66. The van der Waals surface area contributed by atoms with Gasteiger partial charge in [-0.1, -0.05) is 13.3 Å². The van der Waals surface area contributed by atoms with Crippen molar-refractivity contribution >= 4 is 5.91 Å². The molecule has 0 radical (unpaired) electrons. The number of aryl methyl sites for hydroxylation is 2. The lowest BCUT2D eigenvalue weighted by molar-refractivity contribution is 0.0998. The summed E-state index contributed by atoms with van der Waals surface area (Å²) in [5.41, 5.74) is 7.65. The monoisotopic (exact) mass is 192 g/mol. The lowest BCUT2D eigenvalue weighted by atomic mass is 10.0. The second-order valence-electron chi connectivity index (χ2n) is 3.42. The number of nitrogens with zero attached hydrogens (tertiary/aromatic N) is 1. The number of unbranched alkanes of at least 4 members (excludes halogenated alkanes) is 1. The van der Waals surface area contributed by atoms with E-state index in [1.165, 1.54) is 0 Å². The number of amides is 1. The highest BCUT2D eigenvalue weighted by Crippen LogP contribution is 2.13. The molecule has 3 heteroatoms. The van der Waals surface area contributed by atoms with Gasteiger partial charge < -0.3 is 5.73 Å². The van der Waals surface area contributed by atoms with Crippen LogP contribution in [0.5, 0.6) is 0 Å². The van der Waals surface area contributed by atoms with Gasteiger partial charge in [0.25, 0.3) is 5.91 Å². The Labute approximate surface area is 84.3 Å². The van der Waals surface area contributed by atoms with Gasteiger partial charge in [-0.3, -0.25) is 9.78 Å². The van der Waals surface area contributed by atoms with Gasteiger partial charge >= 0.3 is 0 Å². The Kier molecular flexibility index (Phi) is 3.63. The van der Waals surface area contributed by atoms with E-state index in [1.807, 2.05) is 13.0 Å². The highest BCUT2D eigenvalue weighted by molar-refractivity contribution is 5.95. The van der Waals surface area contributed by atoms with Gasteiger partial charge in [-0.25, -0.2) is 0 Å². The number of aromatic nitrogens is 1. The predicted molar refractivity (Wildman–Crippen MR) is 56.1 cm³/mol. The molecule has 0 bridgehead atoms. The van der Waals surface area contributed by atoms with Crippen molar-refractivity contribution in [1.82, 2.24) is 4.98 Å².